The normalized spacial score (nSPS) is 11.1. The summed E-state index contributed by atoms with van der Waals surface area (Å²) in [6, 6.07) is 8.77. The maximum Gasteiger partial charge on any atom is 0.134 e. The fourth-order valence-electron chi connectivity index (χ4n) is 2.92. The van der Waals surface area contributed by atoms with Crippen LogP contribution in [0.15, 0.2) is 48.9 Å². The molecule has 0 fully saturated rings. The van der Waals surface area contributed by atoms with Crippen LogP contribution in [-0.4, -0.2) is 19.7 Å². The van der Waals surface area contributed by atoms with Crippen LogP contribution >= 0.6 is 0 Å². The van der Waals surface area contributed by atoms with E-state index in [-0.39, 0.29) is 5.82 Å². The average Bonchev–Trinajstić information content (AvgIpc) is 3.00. The quantitative estimate of drug-likeness (QED) is 0.591. The molecular formula is C20H18FN5. The monoisotopic (exact) mass is 347 g/mol. The molecule has 0 amide bonds. The number of anilines is 2. The Kier molecular flexibility index (Phi) is 3.88. The second-order valence-electron chi connectivity index (χ2n) is 6.39. The molecule has 3 heterocycles. The molecule has 0 atom stereocenters. The molecule has 4 aromatic rings. The minimum Gasteiger partial charge on any atom is -0.353 e. The van der Waals surface area contributed by atoms with Crippen molar-refractivity contribution in [3.63, 3.8) is 0 Å². The highest BCUT2D eigenvalue weighted by Gasteiger charge is 2.11. The van der Waals surface area contributed by atoms with Crippen LogP contribution in [0.5, 0.6) is 0 Å². The van der Waals surface area contributed by atoms with E-state index in [1.165, 1.54) is 6.07 Å². The number of nitrogens with zero attached hydrogens (tertiary/aromatic N) is 4. The molecule has 0 bridgehead atoms. The molecule has 0 saturated heterocycles. The molecule has 3 aromatic heterocycles. The third kappa shape index (κ3) is 2.90. The largest absolute Gasteiger partial charge is 0.353 e. The van der Waals surface area contributed by atoms with Gasteiger partial charge in [-0.05, 0) is 43.7 Å². The first-order chi connectivity index (χ1) is 12.5. The van der Waals surface area contributed by atoms with E-state index >= 15 is 0 Å². The van der Waals surface area contributed by atoms with Gasteiger partial charge in [0.05, 0.1) is 17.6 Å². The molecule has 0 unspecified atom stereocenters. The van der Waals surface area contributed by atoms with E-state index in [1.54, 1.807) is 29.2 Å². The van der Waals surface area contributed by atoms with Gasteiger partial charge in [-0.15, -0.1) is 0 Å². The summed E-state index contributed by atoms with van der Waals surface area (Å²) in [7, 11) is 1.86. The summed E-state index contributed by atoms with van der Waals surface area (Å²) in [5.41, 5.74) is 6.33. The van der Waals surface area contributed by atoms with Crippen LogP contribution in [-0.2, 0) is 7.05 Å². The van der Waals surface area contributed by atoms with Crippen LogP contribution in [0.4, 0.5) is 15.8 Å². The second kappa shape index (κ2) is 6.22. The third-order valence-corrected chi connectivity index (χ3v) is 4.29. The topological polar surface area (TPSA) is 55.6 Å². The molecule has 26 heavy (non-hydrogen) atoms. The SMILES string of the molecule is Cc1ccc(F)c(-c2cc(Nc3ccnc4cn(C)nc34)c(C)cn2)c1. The van der Waals surface area contributed by atoms with Gasteiger partial charge >= 0.3 is 0 Å². The van der Waals surface area contributed by atoms with Gasteiger partial charge in [-0.2, -0.15) is 5.10 Å². The standard InChI is InChI=1S/C20H18FN5/c1-12-4-5-15(21)14(8-12)18-9-17(13(2)10-23-18)24-16-6-7-22-19-11-26(3)25-20(16)19/h4-11H,1-3H3,(H,23,24). The van der Waals surface area contributed by atoms with Crippen molar-refractivity contribution in [2.24, 2.45) is 7.05 Å². The summed E-state index contributed by atoms with van der Waals surface area (Å²) >= 11 is 0. The zero-order valence-electron chi connectivity index (χ0n) is 14.8. The molecular weight excluding hydrogens is 329 g/mol. The predicted molar refractivity (Wildman–Crippen MR) is 101 cm³/mol. The highest BCUT2D eigenvalue weighted by molar-refractivity contribution is 5.89. The van der Waals surface area contributed by atoms with Gasteiger partial charge in [-0.3, -0.25) is 14.6 Å². The number of benzene rings is 1. The molecule has 1 N–H and O–H groups in total. The Labute approximate surface area is 150 Å². The third-order valence-electron chi connectivity index (χ3n) is 4.29. The van der Waals surface area contributed by atoms with Gasteiger partial charge in [0.1, 0.15) is 16.9 Å². The number of fused-ring (bicyclic) bond motifs is 1. The van der Waals surface area contributed by atoms with Gasteiger partial charge < -0.3 is 5.32 Å². The summed E-state index contributed by atoms with van der Waals surface area (Å²) in [4.78, 5) is 8.74. The molecule has 4 rings (SSSR count). The molecule has 0 aliphatic heterocycles. The van der Waals surface area contributed by atoms with Crippen molar-refractivity contribution in [3.05, 3.63) is 65.9 Å². The Morgan fingerprint density at radius 3 is 2.73 bits per heavy atom. The Hall–Kier alpha value is -3.28. The number of rotatable bonds is 3. The number of hydrogen-bond acceptors (Lipinski definition) is 4. The molecule has 0 spiro atoms. The number of hydrogen-bond donors (Lipinski definition) is 1. The van der Waals surface area contributed by atoms with Crippen LogP contribution in [0, 0.1) is 19.7 Å². The Morgan fingerprint density at radius 1 is 1.04 bits per heavy atom. The van der Waals surface area contributed by atoms with Crippen molar-refractivity contribution < 1.29 is 4.39 Å². The van der Waals surface area contributed by atoms with Crippen molar-refractivity contribution in [1.29, 1.82) is 0 Å². The maximum absolute atomic E-state index is 14.2. The number of halogens is 1. The summed E-state index contributed by atoms with van der Waals surface area (Å²) in [6.45, 7) is 3.90. The van der Waals surface area contributed by atoms with E-state index in [2.05, 4.69) is 20.4 Å². The van der Waals surface area contributed by atoms with E-state index in [1.807, 2.05) is 39.2 Å². The zero-order valence-corrected chi connectivity index (χ0v) is 14.8. The van der Waals surface area contributed by atoms with Gasteiger partial charge in [0, 0.05) is 30.7 Å². The van der Waals surface area contributed by atoms with Crippen LogP contribution in [0.2, 0.25) is 0 Å². The van der Waals surface area contributed by atoms with Crippen molar-refractivity contribution in [2.75, 3.05) is 5.32 Å². The van der Waals surface area contributed by atoms with Crippen LogP contribution in [0.3, 0.4) is 0 Å². The van der Waals surface area contributed by atoms with Crippen molar-refractivity contribution >= 4 is 22.4 Å². The molecule has 0 aliphatic rings. The summed E-state index contributed by atoms with van der Waals surface area (Å²) in [5, 5.41) is 7.86. The van der Waals surface area contributed by atoms with Crippen molar-refractivity contribution in [2.45, 2.75) is 13.8 Å². The van der Waals surface area contributed by atoms with E-state index in [0.29, 0.717) is 11.3 Å². The van der Waals surface area contributed by atoms with E-state index in [0.717, 1.165) is 33.5 Å². The van der Waals surface area contributed by atoms with E-state index < -0.39 is 0 Å². The van der Waals surface area contributed by atoms with Crippen LogP contribution in [0.1, 0.15) is 11.1 Å². The first kappa shape index (κ1) is 16.2. The Morgan fingerprint density at radius 2 is 1.88 bits per heavy atom. The van der Waals surface area contributed by atoms with E-state index in [9.17, 15) is 4.39 Å². The molecule has 1 aromatic carbocycles. The molecule has 130 valence electrons. The molecule has 0 saturated carbocycles. The molecule has 6 heteroatoms. The fraction of sp³-hybridized carbons (Fsp3) is 0.150. The number of aromatic nitrogens is 4. The highest BCUT2D eigenvalue weighted by Crippen LogP contribution is 2.29. The van der Waals surface area contributed by atoms with Crippen LogP contribution in [0.25, 0.3) is 22.3 Å². The lowest BCUT2D eigenvalue weighted by molar-refractivity contribution is 0.630. The smallest absolute Gasteiger partial charge is 0.134 e. The van der Waals surface area contributed by atoms with Crippen molar-refractivity contribution in [1.82, 2.24) is 19.7 Å². The maximum atomic E-state index is 14.2. The lowest BCUT2D eigenvalue weighted by atomic mass is 10.1. The predicted octanol–water partition coefficient (Wildman–Crippen LogP) is 4.53. The number of nitrogens with one attached hydrogen (secondary N) is 1. The van der Waals surface area contributed by atoms with Gasteiger partial charge in [0.25, 0.3) is 0 Å². The fourth-order valence-corrected chi connectivity index (χ4v) is 2.92. The van der Waals surface area contributed by atoms with Crippen molar-refractivity contribution in [3.8, 4) is 11.3 Å². The minimum atomic E-state index is -0.283. The number of pyridine rings is 2. The Bertz CT molecular complexity index is 1120. The lowest BCUT2D eigenvalue weighted by Crippen LogP contribution is -1.98. The molecule has 0 aliphatic carbocycles. The van der Waals surface area contributed by atoms with Gasteiger partial charge in [-0.1, -0.05) is 11.6 Å². The van der Waals surface area contributed by atoms with Gasteiger partial charge in [0.2, 0.25) is 0 Å². The highest BCUT2D eigenvalue weighted by atomic mass is 19.1. The summed E-state index contributed by atoms with van der Waals surface area (Å²) in [5.74, 6) is -0.283. The van der Waals surface area contributed by atoms with Gasteiger partial charge in [0.15, 0.2) is 0 Å². The summed E-state index contributed by atoms with van der Waals surface area (Å²) < 4.78 is 16.0. The first-order valence-electron chi connectivity index (χ1n) is 8.30. The number of aryl methyl sites for hydroxylation is 3. The zero-order chi connectivity index (χ0) is 18.3. The minimum absolute atomic E-state index is 0.283. The summed E-state index contributed by atoms with van der Waals surface area (Å²) in [6.07, 6.45) is 5.35. The van der Waals surface area contributed by atoms with Gasteiger partial charge in [-0.25, -0.2) is 4.39 Å². The van der Waals surface area contributed by atoms with Crippen LogP contribution < -0.4 is 5.32 Å². The molecule has 5 nitrogen and oxygen atoms in total. The first-order valence-corrected chi connectivity index (χ1v) is 8.30. The average molecular weight is 347 g/mol. The second-order valence-corrected chi connectivity index (χ2v) is 6.39. The van der Waals surface area contributed by atoms with E-state index in [4.69, 9.17) is 0 Å². The lowest BCUT2D eigenvalue weighted by Gasteiger charge is -2.12. The molecule has 0 radical (unpaired) electrons. The Balaban J connectivity index is 1.78.